The molecular formula is C31H25ClO3. The van der Waals surface area contributed by atoms with Gasteiger partial charge in [0.15, 0.2) is 0 Å². The molecule has 0 spiro atoms. The van der Waals surface area contributed by atoms with Gasteiger partial charge in [-0.2, -0.15) is 0 Å². The summed E-state index contributed by atoms with van der Waals surface area (Å²) in [6, 6.07) is 33.6. The van der Waals surface area contributed by atoms with E-state index < -0.39 is 0 Å². The van der Waals surface area contributed by atoms with Crippen molar-refractivity contribution < 1.29 is 14.6 Å². The molecule has 0 atom stereocenters. The summed E-state index contributed by atoms with van der Waals surface area (Å²) in [6.07, 6.45) is 0.513. The van der Waals surface area contributed by atoms with Crippen LogP contribution in [-0.4, -0.2) is 12.2 Å². The fourth-order valence-corrected chi connectivity index (χ4v) is 4.49. The Kier molecular flexibility index (Phi) is 6.60. The first kappa shape index (κ1) is 22.8. The average molecular weight is 481 g/mol. The van der Waals surface area contributed by atoms with E-state index in [1.165, 1.54) is 0 Å². The second-order valence-electron chi connectivity index (χ2n) is 8.41. The quantitative estimate of drug-likeness (QED) is 0.256. The van der Waals surface area contributed by atoms with E-state index in [9.17, 15) is 5.11 Å². The third-order valence-electron chi connectivity index (χ3n) is 6.15. The third kappa shape index (κ3) is 4.96. The molecule has 0 aliphatic carbocycles. The molecule has 0 saturated carbocycles. The molecule has 174 valence electrons. The lowest BCUT2D eigenvalue weighted by Crippen LogP contribution is -1.99. The topological polar surface area (TPSA) is 38.7 Å². The number of phenolic OH excluding ortho intramolecular Hbond substituents is 1. The van der Waals surface area contributed by atoms with Gasteiger partial charge in [0.25, 0.3) is 0 Å². The fraction of sp³-hybridized carbons (Fsp3) is 0.0968. The zero-order valence-electron chi connectivity index (χ0n) is 19.4. The van der Waals surface area contributed by atoms with Crippen LogP contribution in [0.3, 0.4) is 0 Å². The van der Waals surface area contributed by atoms with E-state index in [2.05, 4.69) is 6.07 Å². The van der Waals surface area contributed by atoms with Crippen molar-refractivity contribution in [1.82, 2.24) is 0 Å². The average Bonchev–Trinajstić information content (AvgIpc) is 2.90. The number of hydrogen-bond acceptors (Lipinski definition) is 3. The van der Waals surface area contributed by atoms with Gasteiger partial charge in [-0.25, -0.2) is 0 Å². The molecule has 5 aromatic rings. The summed E-state index contributed by atoms with van der Waals surface area (Å²) in [5, 5.41) is 13.4. The second kappa shape index (κ2) is 10.1. The number of benzene rings is 5. The predicted molar refractivity (Wildman–Crippen MR) is 143 cm³/mol. The lowest BCUT2D eigenvalue weighted by Gasteiger charge is -2.17. The van der Waals surface area contributed by atoms with E-state index in [0.29, 0.717) is 18.1 Å². The Bertz CT molecular complexity index is 1480. The maximum Gasteiger partial charge on any atom is 0.128 e. The van der Waals surface area contributed by atoms with Crippen LogP contribution in [0, 0.1) is 0 Å². The van der Waals surface area contributed by atoms with Crippen LogP contribution in [0.2, 0.25) is 5.02 Å². The molecule has 0 aromatic heterocycles. The first-order valence-corrected chi connectivity index (χ1v) is 11.8. The van der Waals surface area contributed by atoms with E-state index in [4.69, 9.17) is 21.1 Å². The second-order valence-corrected chi connectivity index (χ2v) is 8.81. The Morgan fingerprint density at radius 2 is 1.60 bits per heavy atom. The van der Waals surface area contributed by atoms with Crippen molar-refractivity contribution >= 4 is 22.4 Å². The van der Waals surface area contributed by atoms with Crippen molar-refractivity contribution in [2.24, 2.45) is 0 Å². The molecule has 0 bridgehead atoms. The lowest BCUT2D eigenvalue weighted by molar-refractivity contribution is 0.308. The van der Waals surface area contributed by atoms with Crippen molar-refractivity contribution in [1.29, 1.82) is 0 Å². The van der Waals surface area contributed by atoms with Crippen LogP contribution in [0.25, 0.3) is 21.9 Å². The molecule has 0 amide bonds. The normalized spacial score (nSPS) is 10.9. The molecule has 4 heteroatoms. The molecule has 0 saturated heterocycles. The number of aromatic hydroxyl groups is 1. The van der Waals surface area contributed by atoms with Crippen LogP contribution in [0.4, 0.5) is 0 Å². The Morgan fingerprint density at radius 1 is 0.800 bits per heavy atom. The minimum atomic E-state index is 0.237. The van der Waals surface area contributed by atoms with E-state index in [1.807, 2.05) is 91.0 Å². The summed E-state index contributed by atoms with van der Waals surface area (Å²) in [5.74, 6) is 1.75. The van der Waals surface area contributed by atoms with Gasteiger partial charge in [-0.15, -0.1) is 0 Å². The highest BCUT2D eigenvalue weighted by Crippen LogP contribution is 2.40. The van der Waals surface area contributed by atoms with Crippen molar-refractivity contribution in [3.8, 4) is 28.4 Å². The van der Waals surface area contributed by atoms with Crippen molar-refractivity contribution in [2.75, 3.05) is 7.11 Å². The van der Waals surface area contributed by atoms with Crippen molar-refractivity contribution in [3.63, 3.8) is 0 Å². The molecule has 0 unspecified atom stereocenters. The Labute approximate surface area is 210 Å². The largest absolute Gasteiger partial charge is 0.508 e. The molecule has 1 N–H and O–H groups in total. The molecule has 35 heavy (non-hydrogen) atoms. The summed E-state index contributed by atoms with van der Waals surface area (Å²) in [5.41, 5.74) is 4.81. The van der Waals surface area contributed by atoms with Crippen molar-refractivity contribution in [2.45, 2.75) is 13.0 Å². The summed E-state index contributed by atoms with van der Waals surface area (Å²) in [6.45, 7) is 0.433. The number of methoxy groups -OCH3 is 1. The molecule has 0 fully saturated rings. The van der Waals surface area contributed by atoms with Crippen LogP contribution >= 0.6 is 11.6 Å². The monoisotopic (exact) mass is 480 g/mol. The van der Waals surface area contributed by atoms with E-state index in [-0.39, 0.29) is 5.75 Å². The van der Waals surface area contributed by atoms with Gasteiger partial charge in [0.1, 0.15) is 23.9 Å². The third-order valence-corrected chi connectivity index (χ3v) is 6.52. The van der Waals surface area contributed by atoms with Gasteiger partial charge in [-0.1, -0.05) is 78.3 Å². The van der Waals surface area contributed by atoms with Crippen LogP contribution in [0.15, 0.2) is 103 Å². The smallest absolute Gasteiger partial charge is 0.128 e. The fourth-order valence-electron chi connectivity index (χ4n) is 4.29. The molecule has 3 nitrogen and oxygen atoms in total. The van der Waals surface area contributed by atoms with Gasteiger partial charge in [0.2, 0.25) is 0 Å². The molecule has 0 heterocycles. The van der Waals surface area contributed by atoms with Gasteiger partial charge in [0, 0.05) is 22.6 Å². The van der Waals surface area contributed by atoms with Gasteiger partial charge in [0.05, 0.1) is 7.11 Å². The Hall–Kier alpha value is -3.95. The molecule has 0 aliphatic rings. The predicted octanol–water partition coefficient (Wildman–Crippen LogP) is 8.04. The summed E-state index contributed by atoms with van der Waals surface area (Å²) >= 11 is 6.44. The molecule has 5 rings (SSSR count). The molecule has 0 aliphatic heterocycles. The van der Waals surface area contributed by atoms with E-state index >= 15 is 0 Å². The number of fused-ring (bicyclic) bond motifs is 1. The van der Waals surface area contributed by atoms with Gasteiger partial charge in [-0.05, 0) is 63.9 Å². The Morgan fingerprint density at radius 3 is 2.40 bits per heavy atom. The summed E-state index contributed by atoms with van der Waals surface area (Å²) < 4.78 is 11.8. The minimum Gasteiger partial charge on any atom is -0.508 e. The molecule has 0 radical (unpaired) electrons. The zero-order chi connectivity index (χ0) is 24.2. The zero-order valence-corrected chi connectivity index (χ0v) is 20.1. The highest BCUT2D eigenvalue weighted by atomic mass is 35.5. The number of hydrogen-bond donors (Lipinski definition) is 1. The maximum atomic E-state index is 10.8. The van der Waals surface area contributed by atoms with Crippen LogP contribution in [-0.2, 0) is 13.0 Å². The van der Waals surface area contributed by atoms with Crippen LogP contribution < -0.4 is 9.47 Å². The van der Waals surface area contributed by atoms with Crippen molar-refractivity contribution in [3.05, 3.63) is 125 Å². The Balaban J connectivity index is 1.65. The number of halogens is 1. The van der Waals surface area contributed by atoms with Crippen LogP contribution in [0.1, 0.15) is 16.7 Å². The SMILES string of the molecule is COc1cccc(-c2cc3ccc(O)c(Cc4ccccc4Cl)c3cc2OCc2ccccc2)c1. The number of ether oxygens (including phenoxy) is 2. The summed E-state index contributed by atoms with van der Waals surface area (Å²) in [7, 11) is 1.66. The van der Waals surface area contributed by atoms with E-state index in [0.717, 1.165) is 50.1 Å². The van der Waals surface area contributed by atoms with Gasteiger partial charge >= 0.3 is 0 Å². The molecule has 5 aromatic carbocycles. The first-order valence-electron chi connectivity index (χ1n) is 11.5. The van der Waals surface area contributed by atoms with Crippen LogP contribution in [0.5, 0.6) is 17.2 Å². The lowest BCUT2D eigenvalue weighted by atomic mass is 9.94. The maximum absolute atomic E-state index is 10.8. The number of rotatable bonds is 7. The van der Waals surface area contributed by atoms with E-state index in [1.54, 1.807) is 13.2 Å². The number of phenols is 1. The highest BCUT2D eigenvalue weighted by molar-refractivity contribution is 6.31. The first-order chi connectivity index (χ1) is 17.1. The summed E-state index contributed by atoms with van der Waals surface area (Å²) in [4.78, 5) is 0. The minimum absolute atomic E-state index is 0.237. The van der Waals surface area contributed by atoms with Gasteiger partial charge in [-0.3, -0.25) is 0 Å². The highest BCUT2D eigenvalue weighted by Gasteiger charge is 2.16. The van der Waals surface area contributed by atoms with Gasteiger partial charge < -0.3 is 14.6 Å². The standard InChI is InChI=1S/C31H25ClO3/c1-34-25-12-7-11-22(16-25)27-17-23-14-15-30(33)28(18-24-10-5-6-13-29(24)32)26(23)19-31(27)35-20-21-8-3-2-4-9-21/h2-17,19,33H,18,20H2,1H3. The molecular weight excluding hydrogens is 456 g/mol.